The third-order valence-corrected chi connectivity index (χ3v) is 4.24. The van der Waals surface area contributed by atoms with Crippen molar-refractivity contribution >= 4 is 67.0 Å². The highest BCUT2D eigenvalue weighted by Gasteiger charge is 2.08. The number of nitrogens with two attached hydrogens (primary N) is 1. The van der Waals surface area contributed by atoms with Crippen molar-refractivity contribution < 1.29 is 4.74 Å². The van der Waals surface area contributed by atoms with Gasteiger partial charge in [0.15, 0.2) is 0 Å². The van der Waals surface area contributed by atoms with Gasteiger partial charge in [-0.2, -0.15) is 5.10 Å². The smallest absolute Gasteiger partial charge is 0.205 e. The first kappa shape index (κ1) is 15.5. The Morgan fingerprint density at radius 3 is 3.05 bits per heavy atom. The van der Waals surface area contributed by atoms with Crippen LogP contribution in [0.1, 0.15) is 12.5 Å². The summed E-state index contributed by atoms with van der Waals surface area (Å²) in [6.45, 7) is 2.56. The number of anilines is 2. The minimum Gasteiger partial charge on any atom is -0.492 e. The molecule has 1 aromatic carbocycles. The van der Waals surface area contributed by atoms with Gasteiger partial charge in [-0.1, -0.05) is 15.9 Å². The van der Waals surface area contributed by atoms with Crippen molar-refractivity contribution in [1.82, 2.24) is 4.98 Å². The van der Waals surface area contributed by atoms with E-state index >= 15 is 0 Å². The maximum atomic E-state index is 5.65. The molecule has 0 aliphatic rings. The molecule has 0 bridgehead atoms. The van der Waals surface area contributed by atoms with Crippen molar-refractivity contribution in [3.8, 4) is 5.75 Å². The van der Waals surface area contributed by atoms with Crippen LogP contribution in [-0.2, 0) is 0 Å². The Balaban J connectivity index is 2.19. The number of benzene rings is 1. The molecule has 0 aliphatic heterocycles. The molecule has 1 heterocycles. The van der Waals surface area contributed by atoms with Crippen molar-refractivity contribution in [1.29, 1.82) is 0 Å². The fourth-order valence-electron chi connectivity index (χ4n) is 1.47. The Morgan fingerprint density at radius 1 is 1.60 bits per heavy atom. The minimum absolute atomic E-state index is 0.486. The van der Waals surface area contributed by atoms with Crippen LogP contribution in [-0.4, -0.2) is 17.8 Å². The molecule has 20 heavy (non-hydrogen) atoms. The maximum absolute atomic E-state index is 5.65. The lowest BCUT2D eigenvalue weighted by molar-refractivity contribution is 0.337. The highest BCUT2D eigenvalue weighted by molar-refractivity contribution is 14.1. The van der Waals surface area contributed by atoms with Crippen LogP contribution < -0.4 is 15.9 Å². The second kappa shape index (κ2) is 7.23. The van der Waals surface area contributed by atoms with Crippen molar-refractivity contribution in [2.45, 2.75) is 6.92 Å². The van der Waals surface area contributed by atoms with Gasteiger partial charge in [0.1, 0.15) is 11.6 Å². The monoisotopic (exact) mass is 466 g/mol. The number of nitrogen functional groups attached to an aromatic ring is 1. The number of hydrogen-bond acceptors (Lipinski definition) is 6. The molecule has 106 valence electrons. The second-order valence-corrected chi connectivity index (χ2v) is 6.62. The standard InChI is InChI=1S/C12H12BrIN4OS/c1-2-19-11-7(3-8(13)4-9(11)14)5-16-18-12-17-10(15)6-20-12/h3-6H,2,15H2,1H3,(H,17,18). The lowest BCUT2D eigenvalue weighted by Gasteiger charge is -2.09. The highest BCUT2D eigenvalue weighted by Crippen LogP contribution is 2.29. The molecule has 0 radical (unpaired) electrons. The zero-order chi connectivity index (χ0) is 14.5. The molecular weight excluding hydrogens is 455 g/mol. The molecular formula is C12H12BrIN4OS. The third-order valence-electron chi connectivity index (χ3n) is 2.21. The number of ether oxygens (including phenoxy) is 1. The molecule has 5 nitrogen and oxygen atoms in total. The number of rotatable bonds is 5. The number of hydrogen-bond donors (Lipinski definition) is 2. The molecule has 1 aromatic heterocycles. The molecule has 3 N–H and O–H groups in total. The van der Waals surface area contributed by atoms with Gasteiger partial charge in [0, 0.05) is 15.4 Å². The van der Waals surface area contributed by atoms with Crippen LogP contribution >= 0.6 is 49.9 Å². The largest absolute Gasteiger partial charge is 0.492 e. The van der Waals surface area contributed by atoms with Crippen LogP contribution in [0.4, 0.5) is 10.9 Å². The molecule has 0 saturated heterocycles. The summed E-state index contributed by atoms with van der Waals surface area (Å²) < 4.78 is 7.65. The van der Waals surface area contributed by atoms with E-state index in [9.17, 15) is 0 Å². The van der Waals surface area contributed by atoms with E-state index in [0.717, 1.165) is 19.4 Å². The average molecular weight is 467 g/mol. The van der Waals surface area contributed by atoms with Gasteiger partial charge in [0.05, 0.1) is 16.4 Å². The molecule has 0 amide bonds. The van der Waals surface area contributed by atoms with Crippen LogP contribution in [0.25, 0.3) is 0 Å². The van der Waals surface area contributed by atoms with E-state index < -0.39 is 0 Å². The normalized spacial score (nSPS) is 10.9. The fourth-order valence-corrected chi connectivity index (χ4v) is 3.72. The van der Waals surface area contributed by atoms with Crippen molar-refractivity contribution in [3.63, 3.8) is 0 Å². The number of aromatic nitrogens is 1. The Labute approximate surface area is 142 Å². The van der Waals surface area contributed by atoms with E-state index in [1.54, 1.807) is 11.6 Å². The topological polar surface area (TPSA) is 72.5 Å². The van der Waals surface area contributed by atoms with Crippen LogP contribution in [0.15, 0.2) is 27.1 Å². The molecule has 2 aromatic rings. The van der Waals surface area contributed by atoms with E-state index in [1.165, 1.54) is 11.3 Å². The van der Waals surface area contributed by atoms with Crippen LogP contribution in [0.3, 0.4) is 0 Å². The molecule has 0 aliphatic carbocycles. The third kappa shape index (κ3) is 4.06. The summed E-state index contributed by atoms with van der Waals surface area (Å²) >= 11 is 7.11. The second-order valence-electron chi connectivity index (χ2n) is 3.69. The van der Waals surface area contributed by atoms with Gasteiger partial charge in [0.25, 0.3) is 0 Å². The van der Waals surface area contributed by atoms with Crippen LogP contribution in [0.2, 0.25) is 0 Å². The summed E-state index contributed by atoms with van der Waals surface area (Å²) in [5.41, 5.74) is 9.28. The quantitative estimate of drug-likeness (QED) is 0.397. The summed E-state index contributed by atoms with van der Waals surface area (Å²) in [6.07, 6.45) is 1.70. The fraction of sp³-hybridized carbons (Fsp3) is 0.167. The summed E-state index contributed by atoms with van der Waals surface area (Å²) in [5.74, 6) is 1.31. The first-order valence-corrected chi connectivity index (χ1v) is 8.47. The van der Waals surface area contributed by atoms with Gasteiger partial charge in [-0.3, -0.25) is 5.43 Å². The van der Waals surface area contributed by atoms with Gasteiger partial charge in [-0.15, -0.1) is 11.3 Å². The molecule has 8 heteroatoms. The van der Waals surface area contributed by atoms with Gasteiger partial charge in [-0.05, 0) is 41.6 Å². The van der Waals surface area contributed by atoms with E-state index in [4.69, 9.17) is 10.5 Å². The number of nitrogens with one attached hydrogen (secondary N) is 1. The summed E-state index contributed by atoms with van der Waals surface area (Å²) in [6, 6.07) is 3.95. The Bertz CT molecular complexity index is 632. The van der Waals surface area contributed by atoms with Crippen molar-refractivity contribution in [2.24, 2.45) is 5.10 Å². The lowest BCUT2D eigenvalue weighted by Crippen LogP contribution is -2.00. The van der Waals surface area contributed by atoms with Crippen LogP contribution in [0, 0.1) is 3.57 Å². The first-order chi connectivity index (χ1) is 9.60. The zero-order valence-corrected chi connectivity index (χ0v) is 15.1. The molecule has 0 atom stereocenters. The summed E-state index contributed by atoms with van der Waals surface area (Å²) in [7, 11) is 0. The van der Waals surface area contributed by atoms with Crippen LogP contribution in [0.5, 0.6) is 5.75 Å². The number of thiazole rings is 1. The highest BCUT2D eigenvalue weighted by atomic mass is 127. The Hall–Kier alpha value is -0.870. The average Bonchev–Trinajstić information content (AvgIpc) is 2.79. The predicted octanol–water partition coefficient (Wildman–Crippen LogP) is 3.94. The van der Waals surface area contributed by atoms with Crippen molar-refractivity contribution in [3.05, 3.63) is 31.1 Å². The molecule has 0 fully saturated rings. The molecule has 0 spiro atoms. The SMILES string of the molecule is CCOc1c(I)cc(Br)cc1C=NNc1nc(N)cs1. The zero-order valence-electron chi connectivity index (χ0n) is 10.6. The Kier molecular flexibility index (Phi) is 5.61. The Morgan fingerprint density at radius 2 is 2.40 bits per heavy atom. The van der Waals surface area contributed by atoms with E-state index in [-0.39, 0.29) is 0 Å². The van der Waals surface area contributed by atoms with Gasteiger partial charge >= 0.3 is 0 Å². The summed E-state index contributed by atoms with van der Waals surface area (Å²) in [5, 5.41) is 6.57. The molecule has 0 unspecified atom stereocenters. The number of halogens is 2. The lowest BCUT2D eigenvalue weighted by atomic mass is 10.2. The number of hydrazone groups is 1. The van der Waals surface area contributed by atoms with Gasteiger partial charge in [-0.25, -0.2) is 4.98 Å². The van der Waals surface area contributed by atoms with E-state index in [0.29, 0.717) is 17.6 Å². The van der Waals surface area contributed by atoms with E-state index in [1.807, 2.05) is 19.1 Å². The first-order valence-electron chi connectivity index (χ1n) is 5.72. The van der Waals surface area contributed by atoms with E-state index in [2.05, 4.69) is 54.0 Å². The predicted molar refractivity (Wildman–Crippen MR) is 95.8 cm³/mol. The number of nitrogens with zero attached hydrogens (tertiary/aromatic N) is 2. The van der Waals surface area contributed by atoms with Gasteiger partial charge in [0.2, 0.25) is 5.13 Å². The minimum atomic E-state index is 0.486. The molecule has 2 rings (SSSR count). The molecule has 0 saturated carbocycles. The maximum Gasteiger partial charge on any atom is 0.205 e. The summed E-state index contributed by atoms with van der Waals surface area (Å²) in [4.78, 5) is 4.07. The van der Waals surface area contributed by atoms with Crippen molar-refractivity contribution in [2.75, 3.05) is 17.8 Å². The van der Waals surface area contributed by atoms with Gasteiger partial charge < -0.3 is 10.5 Å².